The molecule has 1 aliphatic heterocycles. The van der Waals surface area contributed by atoms with Gasteiger partial charge < -0.3 is 10.1 Å². The minimum Gasteiger partial charge on any atom is -0.492 e. The quantitative estimate of drug-likeness (QED) is 0.364. The van der Waals surface area contributed by atoms with Crippen LogP contribution in [0.5, 0.6) is 5.75 Å². The fourth-order valence-electron chi connectivity index (χ4n) is 4.26. The van der Waals surface area contributed by atoms with Crippen LogP contribution in [0.1, 0.15) is 31.0 Å². The molecule has 1 N–H and O–H groups in total. The molecule has 7 nitrogen and oxygen atoms in total. The Morgan fingerprint density at radius 1 is 1.09 bits per heavy atom. The number of hydrogen-bond donors (Lipinski definition) is 1. The number of hydrogen-bond acceptors (Lipinski definition) is 6. The fraction of sp³-hybridized carbons (Fsp3) is 0.346. The van der Waals surface area contributed by atoms with Gasteiger partial charge in [-0.25, -0.2) is 23.3 Å². The summed E-state index contributed by atoms with van der Waals surface area (Å²) in [6.07, 6.45) is 4.22. The molecule has 0 atom stereocenters. The van der Waals surface area contributed by atoms with Crippen molar-refractivity contribution in [1.29, 1.82) is 0 Å². The van der Waals surface area contributed by atoms with Gasteiger partial charge >= 0.3 is 0 Å². The van der Waals surface area contributed by atoms with E-state index in [1.165, 1.54) is 25.0 Å². The van der Waals surface area contributed by atoms with Gasteiger partial charge in [0.15, 0.2) is 5.82 Å². The van der Waals surface area contributed by atoms with Crippen LogP contribution < -0.4 is 10.1 Å². The number of benzene rings is 2. The standard InChI is InChI=1S/C26H28F2N6O/c1-18-23-17-29-25(31-21-8-10-22(11-9-21)35-15-14-33-12-3-4-13-33)32-34(23)24(30-18)19-6-5-7-20(16-19)26(2,27)28/h5-11,16-17H,3-4,12-15H2,1-2H3,(H,31,32). The monoisotopic (exact) mass is 478 g/mol. The summed E-state index contributed by atoms with van der Waals surface area (Å²) in [6.45, 7) is 6.65. The first-order valence-corrected chi connectivity index (χ1v) is 11.8. The van der Waals surface area contributed by atoms with Crippen molar-refractivity contribution in [1.82, 2.24) is 24.5 Å². The molecule has 9 heteroatoms. The Kier molecular flexibility index (Phi) is 6.34. The average molecular weight is 479 g/mol. The molecule has 0 aliphatic carbocycles. The maximum Gasteiger partial charge on any atom is 0.270 e. The topological polar surface area (TPSA) is 67.6 Å². The molecule has 5 rings (SSSR count). The van der Waals surface area contributed by atoms with Crippen LogP contribution >= 0.6 is 0 Å². The lowest BCUT2D eigenvalue weighted by molar-refractivity contribution is 0.0175. The van der Waals surface area contributed by atoms with Crippen molar-refractivity contribution in [3.8, 4) is 17.1 Å². The molecule has 0 unspecified atom stereocenters. The third kappa shape index (κ3) is 5.24. The Balaban J connectivity index is 1.32. The molecule has 0 bridgehead atoms. The second-order valence-corrected chi connectivity index (χ2v) is 8.92. The van der Waals surface area contributed by atoms with Crippen LogP contribution in [-0.2, 0) is 5.92 Å². The number of aromatic nitrogens is 4. The SMILES string of the molecule is Cc1nc(-c2cccc(C(C)(F)F)c2)n2nc(Nc3ccc(OCCN4CCCC4)cc3)ncc12. The van der Waals surface area contributed by atoms with Crippen molar-refractivity contribution in [2.75, 3.05) is 31.6 Å². The Labute approximate surface area is 202 Å². The number of alkyl halides is 2. The smallest absolute Gasteiger partial charge is 0.270 e. The van der Waals surface area contributed by atoms with Crippen molar-refractivity contribution >= 4 is 17.2 Å². The predicted molar refractivity (Wildman–Crippen MR) is 131 cm³/mol. The van der Waals surface area contributed by atoms with Crippen LogP contribution in [-0.4, -0.2) is 50.7 Å². The van der Waals surface area contributed by atoms with E-state index < -0.39 is 5.92 Å². The molecule has 182 valence electrons. The van der Waals surface area contributed by atoms with E-state index in [0.29, 0.717) is 29.5 Å². The maximum atomic E-state index is 13.9. The Morgan fingerprint density at radius 2 is 1.86 bits per heavy atom. The molecule has 0 radical (unpaired) electrons. The second kappa shape index (κ2) is 9.58. The molecule has 0 spiro atoms. The fourth-order valence-corrected chi connectivity index (χ4v) is 4.26. The number of likely N-dealkylation sites (tertiary alicyclic amines) is 1. The normalized spacial score (nSPS) is 14.5. The third-order valence-corrected chi connectivity index (χ3v) is 6.19. The number of fused-ring (bicyclic) bond motifs is 1. The zero-order valence-corrected chi connectivity index (χ0v) is 19.8. The van der Waals surface area contributed by atoms with Gasteiger partial charge in [0.05, 0.1) is 11.9 Å². The minimum absolute atomic E-state index is 0.0699. The van der Waals surface area contributed by atoms with Crippen molar-refractivity contribution < 1.29 is 13.5 Å². The highest BCUT2D eigenvalue weighted by molar-refractivity contribution is 5.65. The summed E-state index contributed by atoms with van der Waals surface area (Å²) in [7, 11) is 0. The summed E-state index contributed by atoms with van der Waals surface area (Å²) in [4.78, 5) is 11.4. The van der Waals surface area contributed by atoms with Gasteiger partial charge in [0.1, 0.15) is 17.9 Å². The van der Waals surface area contributed by atoms with Gasteiger partial charge in [0.25, 0.3) is 5.92 Å². The zero-order chi connectivity index (χ0) is 24.4. The van der Waals surface area contributed by atoms with Crippen LogP contribution in [0.4, 0.5) is 20.4 Å². The van der Waals surface area contributed by atoms with Crippen LogP contribution in [0.2, 0.25) is 0 Å². The Morgan fingerprint density at radius 3 is 2.60 bits per heavy atom. The highest BCUT2D eigenvalue weighted by Gasteiger charge is 2.25. The molecule has 1 saturated heterocycles. The molecule has 3 heterocycles. The molecule has 4 aromatic rings. The van der Waals surface area contributed by atoms with Crippen molar-refractivity contribution in [2.45, 2.75) is 32.6 Å². The number of ether oxygens (including phenoxy) is 1. The van der Waals surface area contributed by atoms with E-state index in [9.17, 15) is 8.78 Å². The molecular weight excluding hydrogens is 450 g/mol. The van der Waals surface area contributed by atoms with Gasteiger partial charge in [-0.1, -0.05) is 18.2 Å². The van der Waals surface area contributed by atoms with Gasteiger partial charge in [-0.2, -0.15) is 0 Å². The number of aryl methyl sites for hydroxylation is 1. The Hall–Kier alpha value is -3.59. The summed E-state index contributed by atoms with van der Waals surface area (Å²) in [5.41, 5.74) is 2.73. The number of nitrogens with zero attached hydrogens (tertiary/aromatic N) is 5. The predicted octanol–water partition coefficient (Wildman–Crippen LogP) is 5.43. The number of halogens is 2. The minimum atomic E-state index is -2.94. The van der Waals surface area contributed by atoms with Crippen molar-refractivity contribution in [3.05, 3.63) is 66.0 Å². The molecule has 2 aromatic carbocycles. The molecule has 1 fully saturated rings. The number of imidazole rings is 1. The summed E-state index contributed by atoms with van der Waals surface area (Å²) in [5, 5.41) is 7.78. The van der Waals surface area contributed by atoms with E-state index >= 15 is 0 Å². The van der Waals surface area contributed by atoms with Crippen molar-refractivity contribution in [3.63, 3.8) is 0 Å². The van der Waals surface area contributed by atoms with E-state index in [1.54, 1.807) is 22.8 Å². The van der Waals surface area contributed by atoms with E-state index in [-0.39, 0.29) is 5.56 Å². The summed E-state index contributed by atoms with van der Waals surface area (Å²) in [6, 6.07) is 13.9. The first-order chi connectivity index (χ1) is 16.9. The lowest BCUT2D eigenvalue weighted by Crippen LogP contribution is -2.25. The van der Waals surface area contributed by atoms with Gasteiger partial charge in [-0.05, 0) is 63.2 Å². The molecular formula is C26H28F2N6O. The first-order valence-electron chi connectivity index (χ1n) is 11.8. The lowest BCUT2D eigenvalue weighted by atomic mass is 10.1. The van der Waals surface area contributed by atoms with Crippen LogP contribution in [0, 0.1) is 6.92 Å². The summed E-state index contributed by atoms with van der Waals surface area (Å²) in [5.74, 6) is -1.28. The summed E-state index contributed by atoms with van der Waals surface area (Å²) < 4.78 is 35.2. The van der Waals surface area contributed by atoms with Gasteiger partial charge in [0, 0.05) is 30.3 Å². The highest BCUT2D eigenvalue weighted by atomic mass is 19.3. The Bertz CT molecular complexity index is 1310. The van der Waals surface area contributed by atoms with E-state index in [4.69, 9.17) is 4.74 Å². The van der Waals surface area contributed by atoms with Gasteiger partial charge in [-0.15, -0.1) is 5.10 Å². The molecule has 1 aliphatic rings. The average Bonchev–Trinajstić information content (AvgIpc) is 3.48. The molecule has 2 aromatic heterocycles. The van der Waals surface area contributed by atoms with Crippen LogP contribution in [0.15, 0.2) is 54.7 Å². The molecule has 0 saturated carbocycles. The number of nitrogens with one attached hydrogen (secondary N) is 1. The molecule has 0 amide bonds. The lowest BCUT2D eigenvalue weighted by Gasteiger charge is -2.15. The summed E-state index contributed by atoms with van der Waals surface area (Å²) >= 11 is 0. The number of anilines is 2. The van der Waals surface area contributed by atoms with E-state index in [2.05, 4.69) is 25.3 Å². The highest BCUT2D eigenvalue weighted by Crippen LogP contribution is 2.31. The van der Waals surface area contributed by atoms with Gasteiger partial charge in [-0.3, -0.25) is 4.90 Å². The van der Waals surface area contributed by atoms with E-state index in [0.717, 1.165) is 43.7 Å². The first kappa shape index (κ1) is 23.2. The second-order valence-electron chi connectivity index (χ2n) is 8.92. The van der Waals surface area contributed by atoms with Gasteiger partial charge in [0.2, 0.25) is 5.95 Å². The maximum absolute atomic E-state index is 13.9. The number of rotatable bonds is 8. The largest absolute Gasteiger partial charge is 0.492 e. The van der Waals surface area contributed by atoms with E-state index in [1.807, 2.05) is 31.2 Å². The van der Waals surface area contributed by atoms with Crippen LogP contribution in [0.3, 0.4) is 0 Å². The molecule has 35 heavy (non-hydrogen) atoms. The van der Waals surface area contributed by atoms with Crippen LogP contribution in [0.25, 0.3) is 16.9 Å². The third-order valence-electron chi connectivity index (χ3n) is 6.19. The zero-order valence-electron chi connectivity index (χ0n) is 19.8. The van der Waals surface area contributed by atoms with Crippen molar-refractivity contribution in [2.24, 2.45) is 0 Å².